The summed E-state index contributed by atoms with van der Waals surface area (Å²) in [6.45, 7) is 2.00. The Bertz CT molecular complexity index is 1160. The molecule has 1 fully saturated rings. The molecule has 3 aromatic carbocycles. The van der Waals surface area contributed by atoms with Crippen molar-refractivity contribution in [3.63, 3.8) is 0 Å². The smallest absolute Gasteiger partial charge is 0.304 e. The number of hydrazone groups is 1. The van der Waals surface area contributed by atoms with E-state index in [1.165, 1.54) is 24.3 Å². The summed E-state index contributed by atoms with van der Waals surface area (Å²) in [7, 11) is 1.58. The zero-order valence-corrected chi connectivity index (χ0v) is 17.7. The van der Waals surface area contributed by atoms with Gasteiger partial charge in [0, 0.05) is 16.7 Å². The van der Waals surface area contributed by atoms with Crippen LogP contribution in [0.15, 0.2) is 72.8 Å². The quantitative estimate of drug-likeness (QED) is 0.609. The normalized spacial score (nSPS) is 19.0. The number of nitrogens with one attached hydrogen (secondary N) is 2. The molecule has 32 heavy (non-hydrogen) atoms. The maximum absolute atomic E-state index is 13.2. The van der Waals surface area contributed by atoms with Gasteiger partial charge < -0.3 is 10.1 Å². The van der Waals surface area contributed by atoms with E-state index < -0.39 is 23.8 Å². The van der Waals surface area contributed by atoms with Crippen molar-refractivity contribution >= 4 is 18.0 Å². The van der Waals surface area contributed by atoms with Gasteiger partial charge in [0.05, 0.1) is 7.11 Å². The fourth-order valence-corrected chi connectivity index (χ4v) is 3.62. The molecule has 1 aliphatic rings. The first-order valence-corrected chi connectivity index (χ1v) is 10.2. The van der Waals surface area contributed by atoms with E-state index in [1.54, 1.807) is 23.9 Å². The van der Waals surface area contributed by atoms with E-state index in [0.29, 0.717) is 5.75 Å². The van der Waals surface area contributed by atoms with Crippen molar-refractivity contribution in [2.24, 2.45) is 0 Å². The third-order valence-electron chi connectivity index (χ3n) is 5.35. The highest BCUT2D eigenvalue weighted by Crippen LogP contribution is 2.27. The molecule has 0 saturated carbocycles. The topological polar surface area (TPSA) is 70.4 Å². The first-order chi connectivity index (χ1) is 15.4. The van der Waals surface area contributed by atoms with Crippen molar-refractivity contribution in [1.82, 2.24) is 10.7 Å². The van der Waals surface area contributed by atoms with Crippen LogP contribution in [-0.2, 0) is 4.79 Å². The highest BCUT2D eigenvalue weighted by Gasteiger charge is 2.47. The largest absolute Gasteiger partial charge is 0.497 e. The minimum Gasteiger partial charge on any atom is -0.497 e. The third-order valence-corrected chi connectivity index (χ3v) is 5.35. The van der Waals surface area contributed by atoms with Crippen molar-refractivity contribution in [3.05, 3.63) is 101 Å². The second-order valence-electron chi connectivity index (χ2n) is 7.60. The SMILES string of the molecule is COc1ccc([C@H]2[C@H](NC(=O)c3ccc(F)cc3)C(=O)N/[N+]2=C\c2ccc(C)cc2)cc1. The van der Waals surface area contributed by atoms with Crippen LogP contribution in [-0.4, -0.2) is 35.9 Å². The van der Waals surface area contributed by atoms with E-state index in [2.05, 4.69) is 10.7 Å². The minimum atomic E-state index is -0.859. The van der Waals surface area contributed by atoms with Crippen LogP contribution in [0, 0.1) is 12.7 Å². The van der Waals surface area contributed by atoms with Gasteiger partial charge in [0.2, 0.25) is 12.3 Å². The first-order valence-electron chi connectivity index (χ1n) is 10.2. The summed E-state index contributed by atoms with van der Waals surface area (Å²) in [4.78, 5) is 25.7. The Morgan fingerprint density at radius 2 is 1.69 bits per heavy atom. The molecule has 0 bridgehead atoms. The van der Waals surface area contributed by atoms with Crippen LogP contribution < -0.4 is 15.5 Å². The van der Waals surface area contributed by atoms with Crippen molar-refractivity contribution < 1.29 is 23.4 Å². The number of aryl methyl sites for hydroxylation is 1. The number of carbonyl (C=O) groups is 2. The second kappa shape index (κ2) is 9.01. The lowest BCUT2D eigenvalue weighted by Crippen LogP contribution is -2.42. The Balaban J connectivity index is 1.69. The van der Waals surface area contributed by atoms with Gasteiger partial charge in [-0.3, -0.25) is 9.59 Å². The molecule has 1 heterocycles. The van der Waals surface area contributed by atoms with Crippen LogP contribution in [0.4, 0.5) is 4.39 Å². The maximum atomic E-state index is 13.2. The molecular formula is C25H23FN3O3+. The molecule has 0 radical (unpaired) electrons. The Labute approximate surface area is 185 Å². The van der Waals surface area contributed by atoms with Gasteiger partial charge in [0.15, 0.2) is 6.04 Å². The number of methoxy groups -OCH3 is 1. The lowest BCUT2D eigenvalue weighted by Gasteiger charge is -2.15. The number of hydrogen-bond donors (Lipinski definition) is 2. The summed E-state index contributed by atoms with van der Waals surface area (Å²) in [6.07, 6.45) is 1.83. The van der Waals surface area contributed by atoms with Crippen molar-refractivity contribution in [2.75, 3.05) is 7.11 Å². The van der Waals surface area contributed by atoms with Crippen LogP contribution in [0.1, 0.15) is 33.1 Å². The number of carbonyl (C=O) groups excluding carboxylic acids is 2. The van der Waals surface area contributed by atoms with E-state index in [4.69, 9.17) is 4.74 Å². The van der Waals surface area contributed by atoms with Gasteiger partial charge >= 0.3 is 5.91 Å². The molecule has 3 aromatic rings. The molecule has 2 N–H and O–H groups in total. The molecular weight excluding hydrogens is 409 g/mol. The zero-order chi connectivity index (χ0) is 22.7. The number of amides is 2. The number of nitrogens with zero attached hydrogens (tertiary/aromatic N) is 1. The first kappa shape index (κ1) is 21.2. The molecule has 0 aliphatic carbocycles. The van der Waals surface area contributed by atoms with E-state index in [0.717, 1.165) is 16.7 Å². The van der Waals surface area contributed by atoms with E-state index in [1.807, 2.05) is 49.5 Å². The molecule has 0 aromatic heterocycles. The zero-order valence-electron chi connectivity index (χ0n) is 17.7. The highest BCUT2D eigenvalue weighted by atomic mass is 19.1. The van der Waals surface area contributed by atoms with Crippen molar-refractivity contribution in [2.45, 2.75) is 19.0 Å². The van der Waals surface area contributed by atoms with E-state index in [-0.39, 0.29) is 11.5 Å². The second-order valence-corrected chi connectivity index (χ2v) is 7.60. The predicted molar refractivity (Wildman–Crippen MR) is 118 cm³/mol. The third kappa shape index (κ3) is 4.51. The standard InChI is InChI=1S/C25H22FN3O3/c1-16-3-5-17(6-4-16)15-29-23(18-9-13-21(32-2)14-10-18)22(25(31)28-29)27-24(30)19-7-11-20(26)12-8-19/h3-15,22-23H,1-2H3,(H-,27,28,30,31)/p+1/b29-15-/t22-,23-/m0/s1. The lowest BCUT2D eigenvalue weighted by atomic mass is 9.99. The summed E-state index contributed by atoms with van der Waals surface area (Å²) in [5.74, 6) is -0.548. The Morgan fingerprint density at radius 3 is 2.31 bits per heavy atom. The fourth-order valence-electron chi connectivity index (χ4n) is 3.62. The van der Waals surface area contributed by atoms with Gasteiger partial charge in [-0.25, -0.2) is 4.39 Å². The average molecular weight is 432 g/mol. The Kier molecular flexibility index (Phi) is 5.98. The molecule has 2 atom stereocenters. The highest BCUT2D eigenvalue weighted by molar-refractivity contribution is 5.98. The number of hydrogen-bond acceptors (Lipinski definition) is 3. The number of rotatable bonds is 5. The van der Waals surface area contributed by atoms with E-state index in [9.17, 15) is 14.0 Å². The molecule has 6 nitrogen and oxygen atoms in total. The number of ether oxygens (including phenoxy) is 1. The number of halogens is 1. The van der Waals surface area contributed by atoms with Crippen LogP contribution in [0.2, 0.25) is 0 Å². The van der Waals surface area contributed by atoms with Gasteiger partial charge in [-0.05, 0) is 67.6 Å². The van der Waals surface area contributed by atoms with Crippen LogP contribution in [0.25, 0.3) is 0 Å². The molecule has 0 unspecified atom stereocenters. The molecule has 2 amide bonds. The van der Waals surface area contributed by atoms with Crippen LogP contribution in [0.5, 0.6) is 5.75 Å². The number of hydrazine groups is 1. The molecule has 0 spiro atoms. The van der Waals surface area contributed by atoms with Gasteiger partial charge in [-0.1, -0.05) is 17.7 Å². The predicted octanol–water partition coefficient (Wildman–Crippen LogP) is 3.16. The molecule has 1 saturated heterocycles. The minimum absolute atomic E-state index is 0.272. The summed E-state index contributed by atoms with van der Waals surface area (Å²) in [5, 5.41) is 2.80. The summed E-state index contributed by atoms with van der Waals surface area (Å²) >= 11 is 0. The van der Waals surface area contributed by atoms with Crippen molar-refractivity contribution in [3.8, 4) is 5.75 Å². The van der Waals surface area contributed by atoms with Gasteiger partial charge in [-0.2, -0.15) is 0 Å². The Morgan fingerprint density at radius 1 is 1.03 bits per heavy atom. The number of benzene rings is 3. The summed E-state index contributed by atoms with van der Waals surface area (Å²) in [5.41, 5.74) is 5.96. The monoisotopic (exact) mass is 432 g/mol. The van der Waals surface area contributed by atoms with Crippen molar-refractivity contribution in [1.29, 1.82) is 0 Å². The fraction of sp³-hybridized carbons (Fsp3) is 0.160. The molecule has 4 rings (SSSR count). The maximum Gasteiger partial charge on any atom is 0.304 e. The molecule has 7 heteroatoms. The average Bonchev–Trinajstić information content (AvgIpc) is 3.10. The Hall–Kier alpha value is -4.00. The molecule has 162 valence electrons. The lowest BCUT2D eigenvalue weighted by molar-refractivity contribution is -0.596. The van der Waals surface area contributed by atoms with Gasteiger partial charge in [0.1, 0.15) is 11.6 Å². The van der Waals surface area contributed by atoms with Gasteiger partial charge in [-0.15, -0.1) is 10.1 Å². The van der Waals surface area contributed by atoms with Gasteiger partial charge in [0.25, 0.3) is 5.91 Å². The van der Waals surface area contributed by atoms with Crippen LogP contribution >= 0.6 is 0 Å². The summed E-state index contributed by atoms with van der Waals surface area (Å²) in [6, 6.07) is 19.0. The van der Waals surface area contributed by atoms with E-state index >= 15 is 0 Å². The van der Waals surface area contributed by atoms with Crippen LogP contribution in [0.3, 0.4) is 0 Å². The molecule has 1 aliphatic heterocycles. The summed E-state index contributed by atoms with van der Waals surface area (Å²) < 4.78 is 20.2.